The lowest BCUT2D eigenvalue weighted by Crippen LogP contribution is -2.54. The molecule has 0 aromatic rings. The van der Waals surface area contributed by atoms with Crippen LogP contribution in [0.5, 0.6) is 0 Å². The first-order valence-corrected chi connectivity index (χ1v) is 9.05. The van der Waals surface area contributed by atoms with Crippen LogP contribution >= 0.6 is 0 Å². The Kier molecular flexibility index (Phi) is 3.92. The fourth-order valence-corrected chi connectivity index (χ4v) is 5.26. The van der Waals surface area contributed by atoms with Crippen molar-refractivity contribution in [3.05, 3.63) is 0 Å². The molecule has 4 aliphatic rings. The lowest BCUT2D eigenvalue weighted by Gasteiger charge is -2.42. The standard InChI is InChI=1S/C17H29N3O/c21-17(14-3-5-18-6-4-14)20-9-7-19(8-10-20)16-12-13-1-2-15(16)11-13/h13-16,18H,1-12H2. The molecule has 0 aromatic heterocycles. The van der Waals surface area contributed by atoms with E-state index in [1.807, 2.05) is 0 Å². The Morgan fingerprint density at radius 2 is 1.67 bits per heavy atom. The number of piperidine rings is 1. The summed E-state index contributed by atoms with van der Waals surface area (Å²) in [6.07, 6.45) is 7.93. The zero-order valence-corrected chi connectivity index (χ0v) is 13.1. The second kappa shape index (κ2) is 5.88. The second-order valence-electron chi connectivity index (χ2n) is 7.63. The highest BCUT2D eigenvalue weighted by molar-refractivity contribution is 5.79. The van der Waals surface area contributed by atoms with E-state index in [9.17, 15) is 4.79 Å². The molecule has 4 nitrogen and oxygen atoms in total. The van der Waals surface area contributed by atoms with E-state index in [1.54, 1.807) is 0 Å². The summed E-state index contributed by atoms with van der Waals surface area (Å²) in [6, 6.07) is 0.847. The first-order valence-electron chi connectivity index (χ1n) is 9.05. The molecule has 4 rings (SSSR count). The summed E-state index contributed by atoms with van der Waals surface area (Å²) in [5.74, 6) is 2.72. The molecule has 2 heterocycles. The third-order valence-electron chi connectivity index (χ3n) is 6.48. The summed E-state index contributed by atoms with van der Waals surface area (Å²) in [6.45, 7) is 6.20. The van der Waals surface area contributed by atoms with Crippen LogP contribution in [-0.4, -0.2) is 61.0 Å². The van der Waals surface area contributed by atoms with Crippen LogP contribution < -0.4 is 5.32 Å². The zero-order chi connectivity index (χ0) is 14.2. The van der Waals surface area contributed by atoms with Crippen LogP contribution in [0.2, 0.25) is 0 Å². The van der Waals surface area contributed by atoms with Crippen molar-refractivity contribution < 1.29 is 4.79 Å². The molecule has 1 N–H and O–H groups in total. The Morgan fingerprint density at radius 3 is 2.29 bits per heavy atom. The van der Waals surface area contributed by atoms with Crippen molar-refractivity contribution >= 4 is 5.91 Å². The third kappa shape index (κ3) is 2.72. The van der Waals surface area contributed by atoms with E-state index in [4.69, 9.17) is 0 Å². The van der Waals surface area contributed by atoms with E-state index in [0.717, 1.165) is 70.0 Å². The van der Waals surface area contributed by atoms with Crippen molar-refractivity contribution in [1.29, 1.82) is 0 Å². The van der Waals surface area contributed by atoms with Gasteiger partial charge in [0.15, 0.2) is 0 Å². The quantitative estimate of drug-likeness (QED) is 0.833. The number of hydrogen-bond donors (Lipinski definition) is 1. The fraction of sp³-hybridized carbons (Fsp3) is 0.941. The summed E-state index contributed by atoms with van der Waals surface area (Å²) < 4.78 is 0. The molecule has 2 saturated heterocycles. The largest absolute Gasteiger partial charge is 0.340 e. The van der Waals surface area contributed by atoms with Crippen molar-refractivity contribution in [2.24, 2.45) is 17.8 Å². The topological polar surface area (TPSA) is 35.6 Å². The van der Waals surface area contributed by atoms with E-state index < -0.39 is 0 Å². The van der Waals surface area contributed by atoms with Crippen LogP contribution in [0.25, 0.3) is 0 Å². The Balaban J connectivity index is 1.29. The van der Waals surface area contributed by atoms with E-state index in [-0.39, 0.29) is 0 Å². The number of carbonyl (C=O) groups is 1. The lowest BCUT2D eigenvalue weighted by atomic mass is 9.93. The van der Waals surface area contributed by atoms with Gasteiger partial charge in [0, 0.05) is 38.1 Å². The molecular weight excluding hydrogens is 262 g/mol. The minimum absolute atomic E-state index is 0.292. The molecule has 0 spiro atoms. The van der Waals surface area contributed by atoms with E-state index in [0.29, 0.717) is 11.8 Å². The summed E-state index contributed by atoms with van der Waals surface area (Å²) in [5.41, 5.74) is 0. The first-order chi connectivity index (χ1) is 10.3. The van der Waals surface area contributed by atoms with Gasteiger partial charge in [-0.05, 0) is 57.0 Å². The van der Waals surface area contributed by atoms with Gasteiger partial charge in [0.05, 0.1) is 0 Å². The van der Waals surface area contributed by atoms with Crippen molar-refractivity contribution in [1.82, 2.24) is 15.1 Å². The average molecular weight is 291 g/mol. The normalized spacial score (nSPS) is 38.1. The Bertz CT molecular complexity index is 385. The molecular formula is C17H29N3O. The lowest BCUT2D eigenvalue weighted by molar-refractivity contribution is -0.138. The molecule has 1 amide bonds. The van der Waals surface area contributed by atoms with E-state index in [2.05, 4.69) is 15.1 Å². The van der Waals surface area contributed by atoms with Gasteiger partial charge in [-0.25, -0.2) is 0 Å². The van der Waals surface area contributed by atoms with Gasteiger partial charge in [-0.1, -0.05) is 6.42 Å². The molecule has 0 radical (unpaired) electrons. The van der Waals surface area contributed by atoms with E-state index >= 15 is 0 Å². The predicted molar refractivity (Wildman–Crippen MR) is 83.0 cm³/mol. The highest BCUT2D eigenvalue weighted by atomic mass is 16.2. The number of carbonyl (C=O) groups excluding carboxylic acids is 1. The highest BCUT2D eigenvalue weighted by Crippen LogP contribution is 2.46. The smallest absolute Gasteiger partial charge is 0.225 e. The van der Waals surface area contributed by atoms with Gasteiger partial charge >= 0.3 is 0 Å². The molecule has 118 valence electrons. The monoisotopic (exact) mass is 291 g/mol. The van der Waals surface area contributed by atoms with Crippen molar-refractivity contribution in [2.45, 2.75) is 44.6 Å². The minimum Gasteiger partial charge on any atom is -0.340 e. The maximum absolute atomic E-state index is 12.6. The Hall–Kier alpha value is -0.610. The second-order valence-corrected chi connectivity index (χ2v) is 7.63. The number of amides is 1. The van der Waals surface area contributed by atoms with Gasteiger partial charge in [0.1, 0.15) is 0 Å². The summed E-state index contributed by atoms with van der Waals surface area (Å²) in [7, 11) is 0. The number of hydrogen-bond acceptors (Lipinski definition) is 3. The van der Waals surface area contributed by atoms with Gasteiger partial charge in [-0.2, -0.15) is 0 Å². The molecule has 3 atom stereocenters. The van der Waals surface area contributed by atoms with Gasteiger partial charge in [-0.15, -0.1) is 0 Å². The Morgan fingerprint density at radius 1 is 0.905 bits per heavy atom. The summed E-state index contributed by atoms with van der Waals surface area (Å²) in [4.78, 5) is 17.4. The SMILES string of the molecule is O=C(C1CCNCC1)N1CCN(C2CC3CCC2C3)CC1. The average Bonchev–Trinajstić information content (AvgIpc) is 3.18. The van der Waals surface area contributed by atoms with Crippen LogP contribution in [-0.2, 0) is 4.79 Å². The fourth-order valence-electron chi connectivity index (χ4n) is 5.26. The Labute approximate surface area is 128 Å². The molecule has 4 heteroatoms. The molecule has 0 aromatic carbocycles. The number of nitrogens with zero attached hydrogens (tertiary/aromatic N) is 2. The summed E-state index contributed by atoms with van der Waals surface area (Å²) in [5, 5.41) is 3.35. The van der Waals surface area contributed by atoms with Crippen molar-refractivity contribution in [3.8, 4) is 0 Å². The number of nitrogens with one attached hydrogen (secondary N) is 1. The molecule has 2 bridgehead atoms. The predicted octanol–water partition coefficient (Wildman–Crippen LogP) is 1.32. The van der Waals surface area contributed by atoms with E-state index in [1.165, 1.54) is 25.7 Å². The first kappa shape index (κ1) is 14.0. The molecule has 3 unspecified atom stereocenters. The van der Waals surface area contributed by atoms with Gasteiger partial charge < -0.3 is 10.2 Å². The zero-order valence-electron chi connectivity index (χ0n) is 13.1. The van der Waals surface area contributed by atoms with Gasteiger partial charge in [-0.3, -0.25) is 9.69 Å². The molecule has 2 aliphatic carbocycles. The maximum Gasteiger partial charge on any atom is 0.225 e. The van der Waals surface area contributed by atoms with Crippen molar-refractivity contribution in [3.63, 3.8) is 0 Å². The van der Waals surface area contributed by atoms with Crippen LogP contribution in [0.1, 0.15) is 38.5 Å². The third-order valence-corrected chi connectivity index (χ3v) is 6.48. The van der Waals surface area contributed by atoms with Gasteiger partial charge in [0.25, 0.3) is 0 Å². The van der Waals surface area contributed by atoms with Crippen LogP contribution in [0, 0.1) is 17.8 Å². The highest BCUT2D eigenvalue weighted by Gasteiger charge is 2.43. The summed E-state index contributed by atoms with van der Waals surface area (Å²) >= 11 is 0. The number of piperazine rings is 1. The number of rotatable bonds is 2. The molecule has 21 heavy (non-hydrogen) atoms. The maximum atomic E-state index is 12.6. The molecule has 2 saturated carbocycles. The number of fused-ring (bicyclic) bond motifs is 2. The van der Waals surface area contributed by atoms with Crippen LogP contribution in [0.3, 0.4) is 0 Å². The van der Waals surface area contributed by atoms with Gasteiger partial charge in [0.2, 0.25) is 5.91 Å². The van der Waals surface area contributed by atoms with Crippen molar-refractivity contribution in [2.75, 3.05) is 39.3 Å². The van der Waals surface area contributed by atoms with Crippen LogP contribution in [0.15, 0.2) is 0 Å². The van der Waals surface area contributed by atoms with Crippen LogP contribution in [0.4, 0.5) is 0 Å². The minimum atomic E-state index is 0.292. The molecule has 2 aliphatic heterocycles. The molecule has 4 fully saturated rings.